The summed E-state index contributed by atoms with van der Waals surface area (Å²) < 4.78 is 5.58. The number of fused-ring (bicyclic) bond motifs is 2. The number of benzene rings is 2. The number of aromatic hydroxyl groups is 2. The molecule has 0 amide bonds. The Bertz CT molecular complexity index is 1040. The van der Waals surface area contributed by atoms with Gasteiger partial charge in [-0.15, -0.1) is 0 Å². The Labute approximate surface area is 175 Å². The molecule has 31 heavy (non-hydrogen) atoms. The first-order valence-corrected chi connectivity index (χ1v) is 9.54. The molecule has 2 aliphatic rings. The highest BCUT2D eigenvalue weighted by Crippen LogP contribution is 2.50. The molecule has 10 nitrogen and oxygen atoms in total. The van der Waals surface area contributed by atoms with Crippen LogP contribution < -0.4 is 0 Å². The van der Waals surface area contributed by atoms with Gasteiger partial charge in [-0.1, -0.05) is 12.1 Å². The summed E-state index contributed by atoms with van der Waals surface area (Å²) in [6.07, 6.45) is -8.49. The van der Waals surface area contributed by atoms with Crippen LogP contribution >= 0.6 is 0 Å². The van der Waals surface area contributed by atoms with Crippen molar-refractivity contribution in [1.29, 1.82) is 0 Å². The standard InChI is InChI=1S/C21H22O10/c22-6-8-4-10-15(12(25)5-8)17(27)14-9(2-1-3-11(14)24)21(10,30)20-19(29)18(28)16(26)13(7-23)31-20/h1-5,13,16,18-20,22-26,28-30H,6-7H2/t13-,16-,18+,19-,20-,21+/m1/s1. The number of hydrogen-bond acceptors (Lipinski definition) is 10. The zero-order valence-corrected chi connectivity index (χ0v) is 16.1. The lowest BCUT2D eigenvalue weighted by molar-refractivity contribution is -0.265. The molecule has 2 aromatic carbocycles. The fraction of sp³-hybridized carbons (Fsp3) is 0.381. The lowest BCUT2D eigenvalue weighted by Crippen LogP contribution is -2.65. The molecular weight excluding hydrogens is 412 g/mol. The van der Waals surface area contributed by atoms with Crippen molar-refractivity contribution in [3.8, 4) is 11.5 Å². The smallest absolute Gasteiger partial charge is 0.201 e. The quantitative estimate of drug-likeness (QED) is 0.274. The maximum absolute atomic E-state index is 13.1. The topological polar surface area (TPSA) is 188 Å². The van der Waals surface area contributed by atoms with Gasteiger partial charge in [0.05, 0.1) is 24.3 Å². The number of phenols is 2. The van der Waals surface area contributed by atoms with Gasteiger partial charge < -0.3 is 45.6 Å². The van der Waals surface area contributed by atoms with E-state index in [4.69, 9.17) is 4.74 Å². The predicted octanol–water partition coefficient (Wildman–Crippen LogP) is -1.79. The first-order chi connectivity index (χ1) is 14.7. The van der Waals surface area contributed by atoms with E-state index in [9.17, 15) is 45.6 Å². The van der Waals surface area contributed by atoms with Gasteiger partial charge in [-0.2, -0.15) is 0 Å². The van der Waals surface area contributed by atoms with Gasteiger partial charge in [-0.3, -0.25) is 4.79 Å². The van der Waals surface area contributed by atoms with E-state index in [1.54, 1.807) is 0 Å². The molecule has 8 N–H and O–H groups in total. The number of hydrogen-bond donors (Lipinski definition) is 8. The SMILES string of the molecule is O=C1c2c(O)cccc2[C@@](O)([C@@H]2O[C@H](CO)[C@@H](O)[C@H](O)[C@H]2O)c2cc(CO)cc(O)c21. The average Bonchev–Trinajstić information content (AvgIpc) is 2.75. The number of ether oxygens (including phenoxy) is 1. The summed E-state index contributed by atoms with van der Waals surface area (Å²) in [6.45, 7) is -1.30. The van der Waals surface area contributed by atoms with Crippen molar-refractivity contribution in [2.75, 3.05) is 6.61 Å². The highest BCUT2D eigenvalue weighted by atomic mass is 16.6. The van der Waals surface area contributed by atoms with Crippen molar-refractivity contribution >= 4 is 5.78 Å². The number of ketones is 1. The van der Waals surface area contributed by atoms with E-state index in [2.05, 4.69) is 0 Å². The van der Waals surface area contributed by atoms with Crippen molar-refractivity contribution in [2.24, 2.45) is 0 Å². The van der Waals surface area contributed by atoms with Gasteiger partial charge in [-0.05, 0) is 23.8 Å². The fourth-order valence-corrected chi connectivity index (χ4v) is 4.44. The van der Waals surface area contributed by atoms with E-state index in [1.807, 2.05) is 0 Å². The van der Waals surface area contributed by atoms with Crippen molar-refractivity contribution < 1.29 is 50.4 Å². The Morgan fingerprint density at radius 1 is 0.903 bits per heavy atom. The van der Waals surface area contributed by atoms with Gasteiger partial charge in [0, 0.05) is 11.1 Å². The molecular formula is C21H22O10. The van der Waals surface area contributed by atoms with Gasteiger partial charge >= 0.3 is 0 Å². The molecule has 6 atom stereocenters. The zero-order valence-electron chi connectivity index (χ0n) is 16.1. The summed E-state index contributed by atoms with van der Waals surface area (Å²) in [4.78, 5) is 13.1. The third kappa shape index (κ3) is 2.96. The third-order valence-corrected chi connectivity index (χ3v) is 5.98. The molecule has 0 spiro atoms. The minimum atomic E-state index is -2.42. The van der Waals surface area contributed by atoms with Crippen LogP contribution in [0.2, 0.25) is 0 Å². The van der Waals surface area contributed by atoms with Gasteiger partial charge in [0.2, 0.25) is 5.78 Å². The van der Waals surface area contributed by atoms with E-state index >= 15 is 0 Å². The van der Waals surface area contributed by atoms with Crippen LogP contribution in [0.1, 0.15) is 32.6 Å². The monoisotopic (exact) mass is 434 g/mol. The van der Waals surface area contributed by atoms with Crippen LogP contribution in [-0.4, -0.2) is 83.8 Å². The molecule has 10 heteroatoms. The second-order valence-corrected chi connectivity index (χ2v) is 7.74. The van der Waals surface area contributed by atoms with Crippen LogP contribution in [0.5, 0.6) is 11.5 Å². The maximum atomic E-state index is 13.1. The van der Waals surface area contributed by atoms with Crippen molar-refractivity contribution in [3.05, 3.63) is 58.1 Å². The number of aliphatic hydroxyl groups excluding tert-OH is 5. The summed E-state index contributed by atoms with van der Waals surface area (Å²) in [5.41, 5.74) is -3.43. The van der Waals surface area contributed by atoms with Crippen molar-refractivity contribution in [1.82, 2.24) is 0 Å². The molecule has 1 aliphatic heterocycles. The Hall–Kier alpha value is -2.57. The average molecular weight is 434 g/mol. The first-order valence-electron chi connectivity index (χ1n) is 9.54. The van der Waals surface area contributed by atoms with Gasteiger partial charge in [0.25, 0.3) is 0 Å². The summed E-state index contributed by atoms with van der Waals surface area (Å²) in [5.74, 6) is -1.88. The Morgan fingerprint density at radius 3 is 2.23 bits per heavy atom. The molecule has 1 saturated heterocycles. The van der Waals surface area contributed by atoms with Crippen molar-refractivity contribution in [2.45, 2.75) is 42.7 Å². The lowest BCUT2D eigenvalue weighted by Gasteiger charge is -2.49. The molecule has 0 radical (unpaired) electrons. The molecule has 166 valence electrons. The first kappa shape index (κ1) is 21.7. The fourth-order valence-electron chi connectivity index (χ4n) is 4.44. The van der Waals surface area contributed by atoms with Crippen LogP contribution in [0, 0.1) is 0 Å². The summed E-state index contributed by atoms with van der Waals surface area (Å²) in [5, 5.41) is 83.0. The predicted molar refractivity (Wildman–Crippen MR) is 102 cm³/mol. The van der Waals surface area contributed by atoms with E-state index < -0.39 is 66.6 Å². The molecule has 4 rings (SSSR count). The Morgan fingerprint density at radius 2 is 1.58 bits per heavy atom. The number of carbonyl (C=O) groups is 1. The summed E-state index contributed by atoms with van der Waals surface area (Å²) in [6, 6.07) is 6.21. The minimum absolute atomic E-state index is 0.135. The van der Waals surface area contributed by atoms with Crippen LogP contribution in [0.3, 0.4) is 0 Å². The largest absolute Gasteiger partial charge is 0.507 e. The number of phenolic OH excluding ortho intramolecular Hbond substituents is 2. The Kier molecular flexibility index (Phi) is 5.26. The summed E-state index contributed by atoms with van der Waals surface area (Å²) in [7, 11) is 0. The van der Waals surface area contributed by atoms with Crippen LogP contribution in [-0.2, 0) is 16.9 Å². The van der Waals surface area contributed by atoms with Crippen LogP contribution in [0.25, 0.3) is 0 Å². The second-order valence-electron chi connectivity index (χ2n) is 7.74. The van der Waals surface area contributed by atoms with Crippen molar-refractivity contribution in [3.63, 3.8) is 0 Å². The van der Waals surface area contributed by atoms with Crippen LogP contribution in [0.4, 0.5) is 0 Å². The van der Waals surface area contributed by atoms with E-state index in [-0.39, 0.29) is 27.8 Å². The molecule has 0 unspecified atom stereocenters. The van der Waals surface area contributed by atoms with Gasteiger partial charge in [0.15, 0.2) is 0 Å². The van der Waals surface area contributed by atoms with E-state index in [1.165, 1.54) is 24.3 Å². The van der Waals surface area contributed by atoms with Crippen LogP contribution in [0.15, 0.2) is 30.3 Å². The normalized spacial score (nSPS) is 32.5. The molecule has 1 heterocycles. The lowest BCUT2D eigenvalue weighted by atomic mass is 9.68. The molecule has 2 aromatic rings. The second kappa shape index (κ2) is 7.53. The zero-order chi connectivity index (χ0) is 22.7. The number of rotatable bonds is 3. The molecule has 0 saturated carbocycles. The highest BCUT2D eigenvalue weighted by molar-refractivity contribution is 6.16. The number of carbonyl (C=O) groups excluding carboxylic acids is 1. The third-order valence-electron chi connectivity index (χ3n) is 5.98. The maximum Gasteiger partial charge on any atom is 0.201 e. The minimum Gasteiger partial charge on any atom is -0.507 e. The van der Waals surface area contributed by atoms with Gasteiger partial charge in [0.1, 0.15) is 47.6 Å². The van der Waals surface area contributed by atoms with E-state index in [0.29, 0.717) is 0 Å². The molecule has 1 fully saturated rings. The Balaban J connectivity index is 2.04. The highest BCUT2D eigenvalue weighted by Gasteiger charge is 2.57. The molecule has 0 aromatic heterocycles. The van der Waals surface area contributed by atoms with Gasteiger partial charge in [-0.25, -0.2) is 0 Å². The summed E-state index contributed by atoms with van der Waals surface area (Å²) >= 11 is 0. The molecule has 1 aliphatic carbocycles. The number of aliphatic hydroxyl groups is 6. The van der Waals surface area contributed by atoms with E-state index in [0.717, 1.165) is 6.07 Å². The molecule has 0 bridgehead atoms.